The van der Waals surface area contributed by atoms with Crippen LogP contribution in [0.2, 0.25) is 0 Å². The average molecular weight is 424 g/mol. The summed E-state index contributed by atoms with van der Waals surface area (Å²) in [5.41, 5.74) is 0.583. The van der Waals surface area contributed by atoms with Gasteiger partial charge in [-0.3, -0.25) is 14.5 Å². The van der Waals surface area contributed by atoms with E-state index in [9.17, 15) is 9.59 Å². The third-order valence-electron chi connectivity index (χ3n) is 5.73. The zero-order valence-electron chi connectivity index (χ0n) is 19.0. The first kappa shape index (κ1) is 23.0. The van der Waals surface area contributed by atoms with E-state index in [1.54, 1.807) is 0 Å². The Kier molecular flexibility index (Phi) is 7.16. The Hall–Kier alpha value is -2.66. The van der Waals surface area contributed by atoms with Crippen molar-refractivity contribution < 1.29 is 19.1 Å². The molecule has 166 valence electrons. The molecule has 0 aromatic heterocycles. The van der Waals surface area contributed by atoms with Crippen LogP contribution in [-0.4, -0.2) is 35.5 Å². The van der Waals surface area contributed by atoms with Crippen LogP contribution in [0.4, 0.5) is 0 Å². The summed E-state index contributed by atoms with van der Waals surface area (Å²) in [7, 11) is 0. The van der Waals surface area contributed by atoms with E-state index in [0.29, 0.717) is 6.54 Å². The average Bonchev–Trinajstić information content (AvgIpc) is 3.01. The van der Waals surface area contributed by atoms with Crippen LogP contribution in [-0.2, 0) is 32.2 Å². The second-order valence-electron chi connectivity index (χ2n) is 9.54. The molecule has 5 heteroatoms. The molecule has 0 amide bonds. The van der Waals surface area contributed by atoms with Crippen LogP contribution in [0, 0.1) is 11.3 Å². The van der Waals surface area contributed by atoms with Gasteiger partial charge in [0.05, 0.1) is 11.8 Å². The molecular weight excluding hydrogens is 390 g/mol. The van der Waals surface area contributed by atoms with Gasteiger partial charge >= 0.3 is 11.9 Å². The summed E-state index contributed by atoms with van der Waals surface area (Å²) in [6.45, 7) is 9.66. The number of hydrogen-bond donors (Lipinski definition) is 0. The SMILES string of the molecule is C[C@H]1CN(Cc2ccccc2)C[C@]1(CC(=O)OC(C)(C)C)C(=O)OCc1ccccc1. The topological polar surface area (TPSA) is 55.8 Å². The summed E-state index contributed by atoms with van der Waals surface area (Å²) < 4.78 is 11.3. The predicted octanol–water partition coefficient (Wildman–Crippen LogP) is 4.60. The highest BCUT2D eigenvalue weighted by Crippen LogP contribution is 2.42. The minimum atomic E-state index is -0.925. The van der Waals surface area contributed by atoms with E-state index in [-0.39, 0.29) is 30.9 Å². The minimum absolute atomic E-state index is 0.0182. The molecule has 0 bridgehead atoms. The van der Waals surface area contributed by atoms with Crippen LogP contribution in [0.5, 0.6) is 0 Å². The van der Waals surface area contributed by atoms with Gasteiger partial charge in [-0.2, -0.15) is 0 Å². The van der Waals surface area contributed by atoms with Crippen molar-refractivity contribution in [2.75, 3.05) is 13.1 Å². The quantitative estimate of drug-likeness (QED) is 0.609. The fourth-order valence-electron chi connectivity index (χ4n) is 4.21. The summed E-state index contributed by atoms with van der Waals surface area (Å²) >= 11 is 0. The smallest absolute Gasteiger partial charge is 0.314 e. The maximum absolute atomic E-state index is 13.4. The van der Waals surface area contributed by atoms with Crippen molar-refractivity contribution >= 4 is 11.9 Å². The molecule has 3 rings (SSSR count). The zero-order chi connectivity index (χ0) is 22.5. The summed E-state index contributed by atoms with van der Waals surface area (Å²) in [5.74, 6) is -0.727. The first-order valence-corrected chi connectivity index (χ1v) is 10.9. The van der Waals surface area contributed by atoms with E-state index in [1.807, 2.05) is 76.2 Å². The first-order valence-electron chi connectivity index (χ1n) is 10.9. The molecule has 1 saturated heterocycles. The first-order chi connectivity index (χ1) is 14.7. The normalized spacial score (nSPS) is 21.6. The summed E-state index contributed by atoms with van der Waals surface area (Å²) in [5, 5.41) is 0. The monoisotopic (exact) mass is 423 g/mol. The van der Waals surface area contributed by atoms with E-state index < -0.39 is 11.0 Å². The Bertz CT molecular complexity index is 875. The molecule has 0 spiro atoms. The van der Waals surface area contributed by atoms with Crippen molar-refractivity contribution in [3.63, 3.8) is 0 Å². The number of carbonyl (C=O) groups excluding carboxylic acids is 2. The lowest BCUT2D eigenvalue weighted by atomic mass is 9.76. The van der Waals surface area contributed by atoms with Gasteiger partial charge in [-0.1, -0.05) is 67.6 Å². The van der Waals surface area contributed by atoms with Crippen molar-refractivity contribution in [1.82, 2.24) is 4.90 Å². The van der Waals surface area contributed by atoms with E-state index in [0.717, 1.165) is 18.7 Å². The Morgan fingerprint density at radius 1 is 1.00 bits per heavy atom. The number of hydrogen-bond acceptors (Lipinski definition) is 5. The number of benzene rings is 2. The Morgan fingerprint density at radius 3 is 2.16 bits per heavy atom. The fourth-order valence-corrected chi connectivity index (χ4v) is 4.21. The molecule has 2 aromatic carbocycles. The van der Waals surface area contributed by atoms with Crippen LogP contribution >= 0.6 is 0 Å². The number of rotatable bonds is 7. The summed E-state index contributed by atoms with van der Waals surface area (Å²) in [6, 6.07) is 19.8. The van der Waals surface area contributed by atoms with Crippen LogP contribution in [0.25, 0.3) is 0 Å². The molecule has 31 heavy (non-hydrogen) atoms. The predicted molar refractivity (Wildman–Crippen MR) is 120 cm³/mol. The number of esters is 2. The van der Waals surface area contributed by atoms with E-state index in [1.165, 1.54) is 5.56 Å². The van der Waals surface area contributed by atoms with Gasteiger partial charge in [0.1, 0.15) is 12.2 Å². The summed E-state index contributed by atoms with van der Waals surface area (Å²) in [6.07, 6.45) is 0.0182. The van der Waals surface area contributed by atoms with Gasteiger partial charge in [0.25, 0.3) is 0 Å². The molecule has 1 aliphatic heterocycles. The molecule has 5 nitrogen and oxygen atoms in total. The van der Waals surface area contributed by atoms with Crippen molar-refractivity contribution in [2.24, 2.45) is 11.3 Å². The Labute approximate surface area is 185 Å². The van der Waals surface area contributed by atoms with E-state index in [2.05, 4.69) is 17.0 Å². The van der Waals surface area contributed by atoms with Gasteiger partial charge in [-0.05, 0) is 37.8 Å². The highest BCUT2D eigenvalue weighted by molar-refractivity contribution is 5.84. The van der Waals surface area contributed by atoms with Gasteiger partial charge in [-0.25, -0.2) is 0 Å². The summed E-state index contributed by atoms with van der Waals surface area (Å²) in [4.78, 5) is 28.4. The molecular formula is C26H33NO4. The van der Waals surface area contributed by atoms with Crippen LogP contribution < -0.4 is 0 Å². The lowest BCUT2D eigenvalue weighted by Gasteiger charge is -2.31. The Balaban J connectivity index is 1.78. The standard InChI is InChI=1S/C26H33NO4/c1-20-16-27(17-21-11-7-5-8-12-21)19-26(20,15-23(28)31-25(2,3)4)24(29)30-18-22-13-9-6-10-14-22/h5-14,20H,15-19H2,1-4H3/t20-,26-/m0/s1. The lowest BCUT2D eigenvalue weighted by molar-refractivity contribution is -0.170. The van der Waals surface area contributed by atoms with Crippen LogP contribution in [0.15, 0.2) is 60.7 Å². The molecule has 1 fully saturated rings. The van der Waals surface area contributed by atoms with Crippen molar-refractivity contribution in [3.8, 4) is 0 Å². The van der Waals surface area contributed by atoms with Gasteiger partial charge in [0.15, 0.2) is 0 Å². The third-order valence-corrected chi connectivity index (χ3v) is 5.73. The molecule has 0 aliphatic carbocycles. The van der Waals surface area contributed by atoms with Gasteiger partial charge in [0, 0.05) is 19.6 Å². The number of likely N-dealkylation sites (tertiary alicyclic amines) is 1. The van der Waals surface area contributed by atoms with E-state index in [4.69, 9.17) is 9.47 Å². The van der Waals surface area contributed by atoms with Crippen molar-refractivity contribution in [1.29, 1.82) is 0 Å². The maximum atomic E-state index is 13.4. The zero-order valence-corrected chi connectivity index (χ0v) is 19.0. The fraction of sp³-hybridized carbons (Fsp3) is 0.462. The van der Waals surface area contributed by atoms with Gasteiger partial charge < -0.3 is 9.47 Å². The molecule has 0 N–H and O–H groups in total. The number of nitrogens with zero attached hydrogens (tertiary/aromatic N) is 1. The minimum Gasteiger partial charge on any atom is -0.460 e. The highest BCUT2D eigenvalue weighted by atomic mass is 16.6. The largest absolute Gasteiger partial charge is 0.460 e. The second kappa shape index (κ2) is 9.65. The Morgan fingerprint density at radius 2 is 1.58 bits per heavy atom. The molecule has 2 atom stereocenters. The molecule has 1 heterocycles. The maximum Gasteiger partial charge on any atom is 0.314 e. The molecule has 1 aliphatic rings. The molecule has 2 aromatic rings. The number of ether oxygens (including phenoxy) is 2. The van der Waals surface area contributed by atoms with Crippen LogP contribution in [0.1, 0.15) is 45.2 Å². The molecule has 0 unspecified atom stereocenters. The third kappa shape index (κ3) is 6.17. The second-order valence-corrected chi connectivity index (χ2v) is 9.54. The number of carbonyl (C=O) groups is 2. The molecule has 0 radical (unpaired) electrons. The van der Waals surface area contributed by atoms with Crippen LogP contribution in [0.3, 0.4) is 0 Å². The van der Waals surface area contributed by atoms with Gasteiger partial charge in [0.2, 0.25) is 0 Å². The van der Waals surface area contributed by atoms with E-state index >= 15 is 0 Å². The van der Waals surface area contributed by atoms with Crippen molar-refractivity contribution in [2.45, 2.75) is 52.9 Å². The van der Waals surface area contributed by atoms with Crippen molar-refractivity contribution in [3.05, 3.63) is 71.8 Å². The van der Waals surface area contributed by atoms with Gasteiger partial charge in [-0.15, -0.1) is 0 Å². The highest BCUT2D eigenvalue weighted by Gasteiger charge is 2.53. The molecule has 0 saturated carbocycles. The lowest BCUT2D eigenvalue weighted by Crippen LogP contribution is -2.43.